The summed E-state index contributed by atoms with van der Waals surface area (Å²) in [6, 6.07) is -0.807. The van der Waals surface area contributed by atoms with Gasteiger partial charge in [0.05, 0.1) is 11.2 Å². The lowest BCUT2D eigenvalue weighted by atomic mass is 9.99. The molecule has 0 spiro atoms. The average molecular weight is 270 g/mol. The molecule has 0 aliphatic heterocycles. The largest absolute Gasteiger partial charge is 0.480 e. The minimum Gasteiger partial charge on any atom is -0.480 e. The van der Waals surface area contributed by atoms with E-state index in [0.717, 1.165) is 5.69 Å². The van der Waals surface area contributed by atoms with Crippen molar-refractivity contribution in [2.24, 2.45) is 5.92 Å². The highest BCUT2D eigenvalue weighted by atomic mass is 32.1. The fourth-order valence-corrected chi connectivity index (χ4v) is 2.12. The number of carbonyl (C=O) groups excluding carboxylic acids is 1. The fourth-order valence-electron chi connectivity index (χ4n) is 1.53. The van der Waals surface area contributed by atoms with Crippen LogP contribution in [0.1, 0.15) is 32.4 Å². The molecule has 100 valence electrons. The first kappa shape index (κ1) is 14.6. The maximum absolute atomic E-state index is 11.7. The van der Waals surface area contributed by atoms with E-state index in [-0.39, 0.29) is 18.2 Å². The van der Waals surface area contributed by atoms with Crippen LogP contribution >= 0.6 is 11.3 Å². The Bertz CT molecular complexity index is 392. The normalized spacial score (nSPS) is 13.9. The number of carboxylic acids is 1. The number of carboxylic acid groups (broad SMARTS) is 1. The van der Waals surface area contributed by atoms with E-state index in [2.05, 4.69) is 10.3 Å². The van der Waals surface area contributed by atoms with Crippen molar-refractivity contribution in [2.45, 2.75) is 39.2 Å². The Morgan fingerprint density at radius 2 is 2.28 bits per heavy atom. The predicted octanol–water partition coefficient (Wildman–Crippen LogP) is 1.69. The van der Waals surface area contributed by atoms with Crippen molar-refractivity contribution < 1.29 is 14.7 Å². The van der Waals surface area contributed by atoms with Gasteiger partial charge >= 0.3 is 5.97 Å². The van der Waals surface area contributed by atoms with E-state index in [9.17, 15) is 9.59 Å². The molecule has 0 fully saturated rings. The van der Waals surface area contributed by atoms with Crippen LogP contribution in [-0.4, -0.2) is 28.0 Å². The monoisotopic (exact) mass is 270 g/mol. The van der Waals surface area contributed by atoms with Crippen LogP contribution in [0.4, 0.5) is 0 Å². The SMILES string of the molecule is CCC(C)C(NC(=O)CCc1cscn1)C(=O)O. The Morgan fingerprint density at radius 1 is 1.56 bits per heavy atom. The molecule has 18 heavy (non-hydrogen) atoms. The zero-order chi connectivity index (χ0) is 13.5. The number of nitrogens with one attached hydrogen (secondary N) is 1. The van der Waals surface area contributed by atoms with Crippen LogP contribution in [0.15, 0.2) is 10.9 Å². The number of aryl methyl sites for hydroxylation is 1. The lowest BCUT2D eigenvalue weighted by molar-refractivity contribution is -0.143. The summed E-state index contributed by atoms with van der Waals surface area (Å²) in [5.41, 5.74) is 2.58. The minimum atomic E-state index is -0.980. The maximum Gasteiger partial charge on any atom is 0.326 e. The molecule has 0 bridgehead atoms. The van der Waals surface area contributed by atoms with Crippen molar-refractivity contribution in [1.29, 1.82) is 0 Å². The van der Waals surface area contributed by atoms with Crippen LogP contribution in [0.5, 0.6) is 0 Å². The first-order valence-electron chi connectivity index (χ1n) is 5.93. The lowest BCUT2D eigenvalue weighted by Crippen LogP contribution is -2.45. The van der Waals surface area contributed by atoms with E-state index in [1.54, 1.807) is 5.51 Å². The molecule has 5 nitrogen and oxygen atoms in total. The molecule has 0 saturated carbocycles. The quantitative estimate of drug-likeness (QED) is 0.790. The topological polar surface area (TPSA) is 79.3 Å². The number of nitrogens with zero attached hydrogens (tertiary/aromatic N) is 1. The molecule has 2 atom stereocenters. The molecule has 6 heteroatoms. The highest BCUT2D eigenvalue weighted by Gasteiger charge is 2.24. The van der Waals surface area contributed by atoms with Gasteiger partial charge in [-0.05, 0) is 12.3 Å². The zero-order valence-electron chi connectivity index (χ0n) is 10.5. The van der Waals surface area contributed by atoms with Crippen molar-refractivity contribution in [3.05, 3.63) is 16.6 Å². The third-order valence-electron chi connectivity index (χ3n) is 2.89. The Kier molecular flexibility index (Phi) is 5.77. The number of thiazole rings is 1. The van der Waals surface area contributed by atoms with Gasteiger partial charge in [-0.1, -0.05) is 20.3 Å². The molecule has 1 heterocycles. The van der Waals surface area contributed by atoms with Gasteiger partial charge in [-0.25, -0.2) is 9.78 Å². The maximum atomic E-state index is 11.7. The smallest absolute Gasteiger partial charge is 0.326 e. The van der Waals surface area contributed by atoms with Crippen molar-refractivity contribution in [1.82, 2.24) is 10.3 Å². The second-order valence-electron chi connectivity index (χ2n) is 4.25. The number of rotatable bonds is 7. The number of hydrogen-bond acceptors (Lipinski definition) is 4. The third kappa shape index (κ3) is 4.44. The first-order valence-corrected chi connectivity index (χ1v) is 6.88. The van der Waals surface area contributed by atoms with Gasteiger partial charge in [-0.2, -0.15) is 0 Å². The van der Waals surface area contributed by atoms with Gasteiger partial charge in [0.15, 0.2) is 0 Å². The van der Waals surface area contributed by atoms with Gasteiger partial charge < -0.3 is 10.4 Å². The lowest BCUT2D eigenvalue weighted by Gasteiger charge is -2.19. The van der Waals surface area contributed by atoms with E-state index in [1.165, 1.54) is 11.3 Å². The number of aromatic nitrogens is 1. The fraction of sp³-hybridized carbons (Fsp3) is 0.583. The summed E-state index contributed by atoms with van der Waals surface area (Å²) >= 11 is 1.48. The number of amides is 1. The number of hydrogen-bond donors (Lipinski definition) is 2. The average Bonchev–Trinajstić information content (AvgIpc) is 2.85. The summed E-state index contributed by atoms with van der Waals surface area (Å²) in [7, 11) is 0. The number of aliphatic carboxylic acids is 1. The molecule has 2 unspecified atom stereocenters. The highest BCUT2D eigenvalue weighted by Crippen LogP contribution is 2.09. The second kappa shape index (κ2) is 7.10. The van der Waals surface area contributed by atoms with Crippen molar-refractivity contribution in [2.75, 3.05) is 0 Å². The van der Waals surface area contributed by atoms with Gasteiger partial charge in [-0.15, -0.1) is 11.3 Å². The molecule has 0 aliphatic carbocycles. The summed E-state index contributed by atoms with van der Waals surface area (Å²) < 4.78 is 0. The summed E-state index contributed by atoms with van der Waals surface area (Å²) in [5, 5.41) is 13.5. The molecular formula is C12H18N2O3S. The highest BCUT2D eigenvalue weighted by molar-refractivity contribution is 7.07. The molecule has 0 radical (unpaired) electrons. The Morgan fingerprint density at radius 3 is 2.78 bits per heavy atom. The van der Waals surface area contributed by atoms with Crippen LogP contribution in [0, 0.1) is 5.92 Å². The molecule has 2 N–H and O–H groups in total. The molecule has 0 aliphatic rings. The third-order valence-corrected chi connectivity index (χ3v) is 3.52. The van der Waals surface area contributed by atoms with Gasteiger partial charge in [0.2, 0.25) is 5.91 Å². The van der Waals surface area contributed by atoms with Crippen LogP contribution in [0.25, 0.3) is 0 Å². The molecule has 0 aromatic carbocycles. The molecule has 1 aromatic heterocycles. The predicted molar refractivity (Wildman–Crippen MR) is 69.5 cm³/mol. The standard InChI is InChI=1S/C12H18N2O3S/c1-3-8(2)11(12(16)17)14-10(15)5-4-9-6-18-7-13-9/h6-8,11H,3-5H2,1-2H3,(H,14,15)(H,16,17). The number of carbonyl (C=O) groups is 2. The summed E-state index contributed by atoms with van der Waals surface area (Å²) in [5.74, 6) is -1.30. The molecule has 1 aromatic rings. The van der Waals surface area contributed by atoms with Crippen LogP contribution in [0.2, 0.25) is 0 Å². The van der Waals surface area contributed by atoms with Gasteiger partial charge in [0.1, 0.15) is 6.04 Å². The van der Waals surface area contributed by atoms with Gasteiger partial charge in [-0.3, -0.25) is 4.79 Å². The Labute approximate surface area is 110 Å². The molecular weight excluding hydrogens is 252 g/mol. The minimum absolute atomic E-state index is 0.0780. The van der Waals surface area contributed by atoms with Crippen LogP contribution < -0.4 is 5.32 Å². The van der Waals surface area contributed by atoms with E-state index < -0.39 is 12.0 Å². The summed E-state index contributed by atoms with van der Waals surface area (Å²) in [6.07, 6.45) is 1.52. The van der Waals surface area contributed by atoms with Crippen LogP contribution in [-0.2, 0) is 16.0 Å². The van der Waals surface area contributed by atoms with E-state index >= 15 is 0 Å². The first-order chi connectivity index (χ1) is 8.54. The summed E-state index contributed by atoms with van der Waals surface area (Å²) in [4.78, 5) is 26.8. The zero-order valence-corrected chi connectivity index (χ0v) is 11.4. The van der Waals surface area contributed by atoms with Gasteiger partial charge in [0, 0.05) is 11.8 Å². The second-order valence-corrected chi connectivity index (χ2v) is 4.97. The van der Waals surface area contributed by atoms with Crippen LogP contribution in [0.3, 0.4) is 0 Å². The molecule has 1 rings (SSSR count). The molecule has 1 amide bonds. The Hall–Kier alpha value is -1.43. The van der Waals surface area contributed by atoms with E-state index in [0.29, 0.717) is 12.8 Å². The van der Waals surface area contributed by atoms with Gasteiger partial charge in [0.25, 0.3) is 0 Å². The van der Waals surface area contributed by atoms with Crippen molar-refractivity contribution >= 4 is 23.2 Å². The van der Waals surface area contributed by atoms with E-state index in [1.807, 2.05) is 19.2 Å². The van der Waals surface area contributed by atoms with Crippen molar-refractivity contribution in [3.63, 3.8) is 0 Å². The molecule has 0 saturated heterocycles. The Balaban J connectivity index is 2.44. The van der Waals surface area contributed by atoms with Crippen molar-refractivity contribution in [3.8, 4) is 0 Å². The van der Waals surface area contributed by atoms with E-state index in [4.69, 9.17) is 5.11 Å². The summed E-state index contributed by atoms with van der Waals surface area (Å²) in [6.45, 7) is 3.72.